The number of unbranched alkanes of at least 4 members (excludes halogenated alkanes) is 4. The fourth-order valence-electron chi connectivity index (χ4n) is 6.63. The van der Waals surface area contributed by atoms with Crippen molar-refractivity contribution in [3.63, 3.8) is 0 Å². The van der Waals surface area contributed by atoms with Gasteiger partial charge in [0.25, 0.3) is 0 Å². The molecule has 3 aromatic rings. The first-order chi connectivity index (χ1) is 18.1. The van der Waals surface area contributed by atoms with Crippen LogP contribution in [-0.4, -0.2) is 24.4 Å². The first kappa shape index (κ1) is 23.7. The lowest BCUT2D eigenvalue weighted by Crippen LogP contribution is -2.41. The molecule has 7 rings (SSSR count). The molecule has 1 saturated heterocycles. The highest BCUT2D eigenvalue weighted by Crippen LogP contribution is 2.61. The van der Waals surface area contributed by atoms with E-state index in [1.54, 1.807) is 24.3 Å². The van der Waals surface area contributed by atoms with Gasteiger partial charge in [-0.25, -0.2) is 9.69 Å². The number of nitrogens with zero attached hydrogens (tertiary/aromatic N) is 1. The second-order valence-corrected chi connectivity index (χ2v) is 10.4. The molecule has 0 radical (unpaired) electrons. The maximum atomic E-state index is 13.8. The van der Waals surface area contributed by atoms with Crippen LogP contribution in [0.3, 0.4) is 0 Å². The van der Waals surface area contributed by atoms with Crippen LogP contribution in [0.5, 0.6) is 0 Å². The monoisotopic (exact) mass is 493 g/mol. The number of anilines is 1. The van der Waals surface area contributed by atoms with Gasteiger partial charge in [-0.15, -0.1) is 0 Å². The first-order valence-corrected chi connectivity index (χ1v) is 13.4. The summed E-state index contributed by atoms with van der Waals surface area (Å²) in [4.78, 5) is 41.5. The van der Waals surface area contributed by atoms with Gasteiger partial charge < -0.3 is 4.74 Å². The Labute approximate surface area is 217 Å². The lowest BCUT2D eigenvalue weighted by molar-refractivity contribution is -0.122. The molecule has 2 amide bonds. The molecule has 0 unspecified atom stereocenters. The fourth-order valence-corrected chi connectivity index (χ4v) is 6.63. The van der Waals surface area contributed by atoms with Crippen LogP contribution in [0.4, 0.5) is 5.69 Å². The second-order valence-electron chi connectivity index (χ2n) is 10.4. The summed E-state index contributed by atoms with van der Waals surface area (Å²) in [5, 5.41) is 0. The highest BCUT2D eigenvalue weighted by atomic mass is 16.5. The Morgan fingerprint density at radius 1 is 0.703 bits per heavy atom. The number of carbonyl (C=O) groups is 3. The van der Waals surface area contributed by atoms with Gasteiger partial charge in [0.2, 0.25) is 11.8 Å². The second kappa shape index (κ2) is 9.62. The van der Waals surface area contributed by atoms with Crippen LogP contribution in [0, 0.1) is 11.8 Å². The van der Waals surface area contributed by atoms with Crippen molar-refractivity contribution in [3.8, 4) is 0 Å². The minimum Gasteiger partial charge on any atom is -0.462 e. The Bertz CT molecular complexity index is 1250. The molecule has 5 nitrogen and oxygen atoms in total. The molecule has 0 saturated carbocycles. The standard InChI is InChI=1S/C32H31NO4/c1-2-3-4-5-10-19-37-32(36)20-15-17-21(18-16-20)33-30(34)28-26-22-11-6-7-12-23(22)27(29(28)31(33)35)25-14-9-8-13-24(25)26/h6-9,11-18,26-29H,2-5,10,19H2,1H3/t26?,27?,28-,29+. The smallest absolute Gasteiger partial charge is 0.338 e. The fraction of sp³-hybridized carbons (Fsp3) is 0.344. The quantitative estimate of drug-likeness (QED) is 0.213. The number of hydrogen-bond acceptors (Lipinski definition) is 4. The maximum Gasteiger partial charge on any atom is 0.338 e. The molecule has 5 heteroatoms. The number of benzene rings is 3. The summed E-state index contributed by atoms with van der Waals surface area (Å²) in [5.41, 5.74) is 5.56. The first-order valence-electron chi connectivity index (χ1n) is 13.4. The predicted octanol–water partition coefficient (Wildman–Crippen LogP) is 6.21. The van der Waals surface area contributed by atoms with Crippen LogP contribution >= 0.6 is 0 Å². The number of hydrogen-bond donors (Lipinski definition) is 0. The van der Waals surface area contributed by atoms with Crippen LogP contribution in [0.15, 0.2) is 72.8 Å². The molecule has 1 heterocycles. The molecule has 2 atom stereocenters. The number of esters is 1. The van der Waals surface area contributed by atoms with E-state index >= 15 is 0 Å². The average molecular weight is 494 g/mol. The summed E-state index contributed by atoms with van der Waals surface area (Å²) in [5.74, 6) is -1.78. The largest absolute Gasteiger partial charge is 0.462 e. The van der Waals surface area contributed by atoms with Crippen molar-refractivity contribution in [3.05, 3.63) is 101 Å². The summed E-state index contributed by atoms with van der Waals surface area (Å²) < 4.78 is 5.41. The summed E-state index contributed by atoms with van der Waals surface area (Å²) in [6, 6.07) is 23.1. The van der Waals surface area contributed by atoms with Crippen LogP contribution < -0.4 is 4.90 Å². The minimum atomic E-state index is -0.417. The third-order valence-electron chi connectivity index (χ3n) is 8.29. The van der Waals surface area contributed by atoms with Gasteiger partial charge in [-0.2, -0.15) is 0 Å². The van der Waals surface area contributed by atoms with Gasteiger partial charge in [0, 0.05) is 11.8 Å². The Balaban J connectivity index is 1.23. The summed E-state index contributed by atoms with van der Waals surface area (Å²) in [7, 11) is 0. The summed E-state index contributed by atoms with van der Waals surface area (Å²) in [6.45, 7) is 2.57. The molecule has 0 spiro atoms. The van der Waals surface area contributed by atoms with E-state index in [4.69, 9.17) is 4.74 Å². The molecule has 0 N–H and O–H groups in total. The van der Waals surface area contributed by atoms with E-state index in [9.17, 15) is 14.4 Å². The van der Waals surface area contributed by atoms with Crippen LogP contribution in [0.2, 0.25) is 0 Å². The SMILES string of the molecule is CCCCCCCOC(=O)c1ccc(N2C(=O)[C@@H]3C4c5ccccc5C(c5ccccc54)[C@@H]3C2=O)cc1. The molecule has 2 bridgehead atoms. The number of imide groups is 1. The lowest BCUT2D eigenvalue weighted by Gasteiger charge is -2.45. The van der Waals surface area contributed by atoms with Crippen LogP contribution in [-0.2, 0) is 14.3 Å². The Hall–Kier alpha value is -3.73. The Morgan fingerprint density at radius 2 is 1.19 bits per heavy atom. The molecule has 1 aliphatic heterocycles. The Kier molecular flexibility index (Phi) is 6.15. The van der Waals surface area contributed by atoms with Crippen molar-refractivity contribution in [1.82, 2.24) is 0 Å². The molecule has 37 heavy (non-hydrogen) atoms. The van der Waals surface area contributed by atoms with E-state index in [1.807, 2.05) is 24.3 Å². The zero-order valence-corrected chi connectivity index (χ0v) is 21.1. The maximum absolute atomic E-state index is 13.8. The summed E-state index contributed by atoms with van der Waals surface area (Å²) in [6.07, 6.45) is 5.44. The minimum absolute atomic E-state index is 0.129. The zero-order valence-electron chi connectivity index (χ0n) is 21.1. The van der Waals surface area contributed by atoms with Crippen molar-refractivity contribution in [2.24, 2.45) is 11.8 Å². The van der Waals surface area contributed by atoms with E-state index in [-0.39, 0.29) is 29.6 Å². The van der Waals surface area contributed by atoms with E-state index in [0.717, 1.165) is 41.5 Å². The predicted molar refractivity (Wildman–Crippen MR) is 142 cm³/mol. The molecular weight excluding hydrogens is 462 g/mol. The van der Waals surface area contributed by atoms with Gasteiger partial charge in [-0.1, -0.05) is 81.1 Å². The topological polar surface area (TPSA) is 63.7 Å². The van der Waals surface area contributed by atoms with Crippen molar-refractivity contribution in [2.45, 2.75) is 50.9 Å². The number of amides is 2. The van der Waals surface area contributed by atoms with Gasteiger partial charge in [-0.3, -0.25) is 9.59 Å². The number of ether oxygens (including phenoxy) is 1. The Morgan fingerprint density at radius 3 is 1.68 bits per heavy atom. The van der Waals surface area contributed by atoms with E-state index in [2.05, 4.69) is 31.2 Å². The summed E-state index contributed by atoms with van der Waals surface area (Å²) >= 11 is 0. The molecule has 0 aromatic heterocycles. The highest BCUT2D eigenvalue weighted by Gasteiger charge is 2.61. The van der Waals surface area contributed by atoms with E-state index in [0.29, 0.717) is 17.9 Å². The highest BCUT2D eigenvalue weighted by molar-refractivity contribution is 6.23. The molecule has 3 aromatic carbocycles. The van der Waals surface area contributed by atoms with Crippen LogP contribution in [0.25, 0.3) is 0 Å². The zero-order chi connectivity index (χ0) is 25.5. The normalized spacial score (nSPS) is 23.0. The third kappa shape index (κ3) is 3.79. The molecule has 4 aliphatic rings. The third-order valence-corrected chi connectivity index (χ3v) is 8.29. The van der Waals surface area contributed by atoms with Crippen molar-refractivity contribution in [1.29, 1.82) is 0 Å². The number of rotatable bonds is 8. The lowest BCUT2D eigenvalue weighted by atomic mass is 9.55. The van der Waals surface area contributed by atoms with Crippen LogP contribution in [0.1, 0.15) is 83.5 Å². The molecule has 3 aliphatic carbocycles. The van der Waals surface area contributed by atoms with Gasteiger partial charge in [0.05, 0.1) is 29.7 Å². The van der Waals surface area contributed by atoms with Crippen molar-refractivity contribution >= 4 is 23.5 Å². The number of carbonyl (C=O) groups excluding carboxylic acids is 3. The van der Waals surface area contributed by atoms with Crippen molar-refractivity contribution in [2.75, 3.05) is 11.5 Å². The van der Waals surface area contributed by atoms with Crippen molar-refractivity contribution < 1.29 is 19.1 Å². The molecule has 1 fully saturated rings. The van der Waals surface area contributed by atoms with Gasteiger partial charge in [0.1, 0.15) is 0 Å². The van der Waals surface area contributed by atoms with E-state index < -0.39 is 11.8 Å². The van der Waals surface area contributed by atoms with Gasteiger partial charge in [0.15, 0.2) is 0 Å². The molecular formula is C32H31NO4. The van der Waals surface area contributed by atoms with E-state index in [1.165, 1.54) is 17.7 Å². The average Bonchev–Trinajstić information content (AvgIpc) is 3.20. The van der Waals surface area contributed by atoms with Gasteiger partial charge in [-0.05, 0) is 52.9 Å². The molecule has 188 valence electrons. The van der Waals surface area contributed by atoms with Gasteiger partial charge >= 0.3 is 5.97 Å².